The van der Waals surface area contributed by atoms with Gasteiger partial charge in [-0.3, -0.25) is 0 Å². The van der Waals surface area contributed by atoms with Crippen molar-refractivity contribution in [2.75, 3.05) is 13.2 Å². The molecule has 0 aliphatic heterocycles. The van der Waals surface area contributed by atoms with Crippen LogP contribution in [0.5, 0.6) is 0 Å². The predicted octanol–water partition coefficient (Wildman–Crippen LogP) is 1.63. The van der Waals surface area contributed by atoms with Crippen molar-refractivity contribution in [2.24, 2.45) is 5.73 Å². The third kappa shape index (κ3) is 4.03. The smallest absolute Gasteiger partial charge is 0.243 e. The molecule has 1 aromatic rings. The van der Waals surface area contributed by atoms with Gasteiger partial charge in [-0.1, -0.05) is 26.0 Å². The Labute approximate surface area is 127 Å². The van der Waals surface area contributed by atoms with Gasteiger partial charge in [0.05, 0.1) is 11.5 Å². The van der Waals surface area contributed by atoms with Crippen LogP contribution < -0.4 is 5.73 Å². The minimum Gasteiger partial charge on any atom is -0.395 e. The molecular weight excluding hydrogens is 288 g/mol. The molecule has 0 aromatic heterocycles. The minimum absolute atomic E-state index is 0.108. The highest BCUT2D eigenvalue weighted by Gasteiger charge is 2.30. The van der Waals surface area contributed by atoms with E-state index >= 15 is 0 Å². The molecule has 0 fully saturated rings. The second kappa shape index (κ2) is 7.89. The first kappa shape index (κ1) is 18.1. The number of hydrogen-bond donors (Lipinski definition) is 2. The Balaban J connectivity index is 3.34. The summed E-state index contributed by atoms with van der Waals surface area (Å²) in [5, 5.41) is 9.23. The third-order valence-corrected chi connectivity index (χ3v) is 5.84. The monoisotopic (exact) mass is 314 g/mol. The van der Waals surface area contributed by atoms with Gasteiger partial charge in [-0.15, -0.1) is 0 Å². The van der Waals surface area contributed by atoms with Crippen molar-refractivity contribution in [1.82, 2.24) is 4.31 Å². The topological polar surface area (TPSA) is 83.6 Å². The molecule has 21 heavy (non-hydrogen) atoms. The number of hydrogen-bond acceptors (Lipinski definition) is 4. The molecule has 6 heteroatoms. The summed E-state index contributed by atoms with van der Waals surface area (Å²) in [6.45, 7) is 5.91. The molecule has 0 atom stereocenters. The van der Waals surface area contributed by atoms with Crippen LogP contribution >= 0.6 is 0 Å². The Morgan fingerprint density at radius 2 is 1.90 bits per heavy atom. The fourth-order valence-corrected chi connectivity index (χ4v) is 4.51. The van der Waals surface area contributed by atoms with E-state index < -0.39 is 10.0 Å². The standard InChI is InChI=1S/C15H26N2O3S/c1-4-14(5-2)17(8-9-18)21(19,20)15-10-13(11-16)7-6-12(15)3/h6-7,10,14,18H,4-5,8-9,11,16H2,1-3H3. The fourth-order valence-electron chi connectivity index (χ4n) is 2.47. The molecule has 0 spiro atoms. The van der Waals surface area contributed by atoms with E-state index in [0.717, 1.165) is 5.56 Å². The Morgan fingerprint density at radius 3 is 2.38 bits per heavy atom. The lowest BCUT2D eigenvalue weighted by molar-refractivity contribution is 0.219. The zero-order valence-electron chi connectivity index (χ0n) is 13.0. The number of aliphatic hydroxyl groups excluding tert-OH is 1. The number of nitrogens with two attached hydrogens (primary N) is 1. The van der Waals surface area contributed by atoms with Crippen LogP contribution in [0.2, 0.25) is 0 Å². The molecule has 0 amide bonds. The molecule has 120 valence electrons. The zero-order chi connectivity index (χ0) is 16.0. The first-order chi connectivity index (χ1) is 9.92. The van der Waals surface area contributed by atoms with Crippen molar-refractivity contribution in [3.63, 3.8) is 0 Å². The SMILES string of the molecule is CCC(CC)N(CCO)S(=O)(=O)c1cc(CN)ccc1C. The average Bonchev–Trinajstić information content (AvgIpc) is 2.47. The molecular formula is C15H26N2O3S. The summed E-state index contributed by atoms with van der Waals surface area (Å²) >= 11 is 0. The highest BCUT2D eigenvalue weighted by Crippen LogP contribution is 2.24. The summed E-state index contributed by atoms with van der Waals surface area (Å²) < 4.78 is 27.3. The Hall–Kier alpha value is -0.950. The molecule has 5 nitrogen and oxygen atoms in total. The summed E-state index contributed by atoms with van der Waals surface area (Å²) in [5.41, 5.74) is 7.09. The summed E-state index contributed by atoms with van der Waals surface area (Å²) in [7, 11) is -3.63. The Morgan fingerprint density at radius 1 is 1.29 bits per heavy atom. The van der Waals surface area contributed by atoms with Crippen LogP contribution in [0, 0.1) is 6.92 Å². The highest BCUT2D eigenvalue weighted by molar-refractivity contribution is 7.89. The van der Waals surface area contributed by atoms with Gasteiger partial charge in [-0.05, 0) is 37.0 Å². The molecule has 0 saturated heterocycles. The maximum absolute atomic E-state index is 12.9. The number of rotatable bonds is 8. The first-order valence-corrected chi connectivity index (χ1v) is 8.78. The van der Waals surface area contributed by atoms with E-state index in [0.29, 0.717) is 24.9 Å². The summed E-state index contributed by atoms with van der Waals surface area (Å²) in [6.07, 6.45) is 1.43. The van der Waals surface area contributed by atoms with Crippen molar-refractivity contribution in [2.45, 2.75) is 51.1 Å². The van der Waals surface area contributed by atoms with E-state index in [4.69, 9.17) is 5.73 Å². The fraction of sp³-hybridized carbons (Fsp3) is 0.600. The van der Waals surface area contributed by atoms with E-state index in [2.05, 4.69) is 0 Å². The minimum atomic E-state index is -3.63. The molecule has 1 rings (SSSR count). The molecule has 0 bridgehead atoms. The van der Waals surface area contributed by atoms with Crippen LogP contribution in [0.1, 0.15) is 37.8 Å². The first-order valence-electron chi connectivity index (χ1n) is 7.34. The summed E-state index contributed by atoms with van der Waals surface area (Å²) in [6, 6.07) is 5.14. The number of benzene rings is 1. The predicted molar refractivity (Wildman–Crippen MR) is 84.4 cm³/mol. The quantitative estimate of drug-likeness (QED) is 0.764. The van der Waals surface area contributed by atoms with E-state index in [1.165, 1.54) is 4.31 Å². The van der Waals surface area contributed by atoms with Crippen LogP contribution in [0.4, 0.5) is 0 Å². The molecule has 0 aliphatic carbocycles. The Kier molecular flexibility index (Phi) is 6.80. The van der Waals surface area contributed by atoms with E-state index in [-0.39, 0.29) is 24.1 Å². The molecule has 1 aromatic carbocycles. The van der Waals surface area contributed by atoms with Gasteiger partial charge in [0.1, 0.15) is 0 Å². The zero-order valence-corrected chi connectivity index (χ0v) is 13.9. The van der Waals surface area contributed by atoms with Crippen molar-refractivity contribution >= 4 is 10.0 Å². The average molecular weight is 314 g/mol. The van der Waals surface area contributed by atoms with Crippen molar-refractivity contribution in [1.29, 1.82) is 0 Å². The van der Waals surface area contributed by atoms with E-state index in [1.807, 2.05) is 19.9 Å². The van der Waals surface area contributed by atoms with Gasteiger partial charge in [-0.25, -0.2) is 8.42 Å². The van der Waals surface area contributed by atoms with Crippen LogP contribution in [0.3, 0.4) is 0 Å². The van der Waals surface area contributed by atoms with Crippen molar-refractivity contribution in [3.05, 3.63) is 29.3 Å². The van der Waals surface area contributed by atoms with Gasteiger partial charge < -0.3 is 10.8 Å². The van der Waals surface area contributed by atoms with Crippen molar-refractivity contribution < 1.29 is 13.5 Å². The molecule has 0 radical (unpaired) electrons. The summed E-state index contributed by atoms with van der Waals surface area (Å²) in [5.74, 6) is 0. The van der Waals surface area contributed by atoms with Gasteiger partial charge in [0.15, 0.2) is 0 Å². The maximum Gasteiger partial charge on any atom is 0.243 e. The largest absolute Gasteiger partial charge is 0.395 e. The van der Waals surface area contributed by atoms with Crippen LogP contribution in [0.25, 0.3) is 0 Å². The molecule has 0 aliphatic rings. The maximum atomic E-state index is 12.9. The van der Waals surface area contributed by atoms with Crippen LogP contribution in [-0.2, 0) is 16.6 Å². The van der Waals surface area contributed by atoms with Gasteiger partial charge in [0.25, 0.3) is 0 Å². The lowest BCUT2D eigenvalue weighted by Crippen LogP contribution is -2.41. The number of sulfonamides is 1. The summed E-state index contributed by atoms with van der Waals surface area (Å²) in [4.78, 5) is 0.283. The van der Waals surface area contributed by atoms with Crippen molar-refractivity contribution in [3.8, 4) is 0 Å². The van der Waals surface area contributed by atoms with Gasteiger partial charge in [-0.2, -0.15) is 4.31 Å². The highest BCUT2D eigenvalue weighted by atomic mass is 32.2. The molecule has 0 saturated carbocycles. The van der Waals surface area contributed by atoms with Gasteiger partial charge in [0.2, 0.25) is 10.0 Å². The lowest BCUT2D eigenvalue weighted by Gasteiger charge is -2.29. The third-order valence-electron chi connectivity index (χ3n) is 3.75. The molecule has 0 unspecified atom stereocenters. The van der Waals surface area contributed by atoms with E-state index in [9.17, 15) is 13.5 Å². The second-order valence-corrected chi connectivity index (χ2v) is 6.97. The Bertz CT molecular complexity index is 554. The van der Waals surface area contributed by atoms with Gasteiger partial charge in [0, 0.05) is 19.1 Å². The van der Waals surface area contributed by atoms with E-state index in [1.54, 1.807) is 19.1 Å². The normalized spacial score (nSPS) is 12.3. The molecule has 3 N–H and O–H groups in total. The lowest BCUT2D eigenvalue weighted by atomic mass is 10.1. The van der Waals surface area contributed by atoms with Crippen LogP contribution in [-0.4, -0.2) is 37.0 Å². The molecule has 0 heterocycles. The number of aliphatic hydroxyl groups is 1. The number of nitrogens with zero attached hydrogens (tertiary/aromatic N) is 1. The second-order valence-electron chi connectivity index (χ2n) is 5.11. The van der Waals surface area contributed by atoms with Gasteiger partial charge >= 0.3 is 0 Å². The number of aryl methyl sites for hydroxylation is 1. The van der Waals surface area contributed by atoms with Crippen LogP contribution in [0.15, 0.2) is 23.1 Å².